The first-order chi connectivity index (χ1) is 9.85. The summed E-state index contributed by atoms with van der Waals surface area (Å²) in [4.78, 5) is 13.6. The summed E-state index contributed by atoms with van der Waals surface area (Å²) in [5, 5.41) is 0. The van der Waals surface area contributed by atoms with E-state index in [-0.39, 0.29) is 0 Å². The normalized spacial score (nSPS) is 13.7. The largest absolute Gasteiger partial charge is 0.481 e. The molecule has 0 saturated heterocycles. The lowest BCUT2D eigenvalue weighted by Crippen LogP contribution is -1.95. The number of rotatable bonds is 2. The number of hydrogen-bond donors (Lipinski definition) is 0. The Kier molecular flexibility index (Phi) is 2.45. The van der Waals surface area contributed by atoms with E-state index in [4.69, 9.17) is 9.72 Å². The molecule has 0 aromatic carbocycles. The molecule has 0 aliphatic carbocycles. The summed E-state index contributed by atoms with van der Waals surface area (Å²) in [5.41, 5.74) is 3.86. The van der Waals surface area contributed by atoms with Gasteiger partial charge in [-0.15, -0.1) is 0 Å². The minimum atomic E-state index is 0.611. The summed E-state index contributed by atoms with van der Waals surface area (Å²) < 4.78 is 7.30. The van der Waals surface area contributed by atoms with Crippen molar-refractivity contribution in [3.8, 4) is 17.1 Å². The summed E-state index contributed by atoms with van der Waals surface area (Å²) in [5.74, 6) is 1.76. The Labute approximate surface area is 116 Å². The lowest BCUT2D eigenvalue weighted by atomic mass is 10.2. The van der Waals surface area contributed by atoms with Crippen LogP contribution >= 0.6 is 0 Å². The molecule has 1 aliphatic heterocycles. The van der Waals surface area contributed by atoms with Gasteiger partial charge in [-0.25, -0.2) is 15.0 Å². The number of hydrogen-bond acceptors (Lipinski definition) is 4. The zero-order chi connectivity index (χ0) is 13.5. The van der Waals surface area contributed by atoms with Crippen LogP contribution in [0.2, 0.25) is 0 Å². The highest BCUT2D eigenvalue weighted by atomic mass is 16.5. The van der Waals surface area contributed by atoms with Crippen LogP contribution in [-0.4, -0.2) is 26.6 Å². The van der Waals surface area contributed by atoms with E-state index in [1.54, 1.807) is 13.3 Å². The van der Waals surface area contributed by atoms with Crippen LogP contribution in [0.25, 0.3) is 22.4 Å². The molecule has 0 N–H and O–H groups in total. The van der Waals surface area contributed by atoms with E-state index in [1.807, 2.05) is 24.3 Å². The van der Waals surface area contributed by atoms with E-state index in [1.165, 1.54) is 0 Å². The second kappa shape index (κ2) is 4.30. The number of nitrogens with zero attached hydrogens (tertiary/aromatic N) is 4. The molecule has 0 unspecified atom stereocenters. The van der Waals surface area contributed by atoms with Crippen molar-refractivity contribution in [1.29, 1.82) is 0 Å². The highest BCUT2D eigenvalue weighted by Gasteiger charge is 2.17. The number of imidazole rings is 1. The fourth-order valence-electron chi connectivity index (χ4n) is 2.68. The molecule has 20 heavy (non-hydrogen) atoms. The predicted molar refractivity (Wildman–Crippen MR) is 75.6 cm³/mol. The van der Waals surface area contributed by atoms with Crippen LogP contribution in [0.1, 0.15) is 12.2 Å². The molecule has 0 atom stereocenters. The summed E-state index contributed by atoms with van der Waals surface area (Å²) in [7, 11) is 1.61. The molecule has 0 amide bonds. The lowest BCUT2D eigenvalue weighted by molar-refractivity contribution is 0.398. The zero-order valence-electron chi connectivity index (χ0n) is 11.2. The van der Waals surface area contributed by atoms with Gasteiger partial charge in [-0.05, 0) is 24.6 Å². The van der Waals surface area contributed by atoms with Gasteiger partial charge in [0.1, 0.15) is 11.3 Å². The second-order valence-electron chi connectivity index (χ2n) is 4.91. The lowest BCUT2D eigenvalue weighted by Gasteiger charge is -2.03. The van der Waals surface area contributed by atoms with Crippen LogP contribution in [0.3, 0.4) is 0 Å². The average Bonchev–Trinajstić information content (AvgIpc) is 3.07. The monoisotopic (exact) mass is 266 g/mol. The van der Waals surface area contributed by atoms with E-state index in [0.29, 0.717) is 5.88 Å². The average molecular weight is 266 g/mol. The third-order valence-electron chi connectivity index (χ3n) is 3.69. The molecule has 0 radical (unpaired) electrons. The summed E-state index contributed by atoms with van der Waals surface area (Å²) in [6.07, 6.45) is 4.00. The van der Waals surface area contributed by atoms with E-state index in [9.17, 15) is 0 Å². The van der Waals surface area contributed by atoms with Gasteiger partial charge in [0.25, 0.3) is 0 Å². The smallest absolute Gasteiger partial charge is 0.212 e. The van der Waals surface area contributed by atoms with Crippen molar-refractivity contribution in [2.45, 2.75) is 19.4 Å². The molecular weight excluding hydrogens is 252 g/mol. The van der Waals surface area contributed by atoms with Crippen molar-refractivity contribution in [3.05, 3.63) is 36.3 Å². The molecular formula is C15H14N4O. The second-order valence-corrected chi connectivity index (χ2v) is 4.91. The number of methoxy groups -OCH3 is 1. The fourth-order valence-corrected chi connectivity index (χ4v) is 2.68. The third-order valence-corrected chi connectivity index (χ3v) is 3.69. The zero-order valence-corrected chi connectivity index (χ0v) is 11.2. The van der Waals surface area contributed by atoms with Crippen molar-refractivity contribution >= 4 is 11.2 Å². The third kappa shape index (κ3) is 1.66. The Morgan fingerprint density at radius 1 is 1.15 bits per heavy atom. The standard InChI is InChI=1S/C15H14N4O/c1-20-14-7-4-10(9-16-14)11-5-6-12-15(18-11)19-8-2-3-13(19)17-12/h4-7,9H,2-3,8H2,1H3. The van der Waals surface area contributed by atoms with Crippen molar-refractivity contribution in [2.24, 2.45) is 0 Å². The first-order valence-corrected chi connectivity index (χ1v) is 6.72. The van der Waals surface area contributed by atoms with Gasteiger partial charge in [0.2, 0.25) is 5.88 Å². The number of aryl methyl sites for hydroxylation is 2. The fraction of sp³-hybridized carbons (Fsp3) is 0.267. The van der Waals surface area contributed by atoms with E-state index < -0.39 is 0 Å². The van der Waals surface area contributed by atoms with Crippen molar-refractivity contribution < 1.29 is 4.74 Å². The van der Waals surface area contributed by atoms with Gasteiger partial charge >= 0.3 is 0 Å². The van der Waals surface area contributed by atoms with E-state index in [0.717, 1.165) is 47.6 Å². The van der Waals surface area contributed by atoms with Crippen LogP contribution in [0.15, 0.2) is 30.5 Å². The number of pyridine rings is 2. The Morgan fingerprint density at radius 2 is 2.10 bits per heavy atom. The number of ether oxygens (including phenoxy) is 1. The van der Waals surface area contributed by atoms with Crippen molar-refractivity contribution in [2.75, 3.05) is 7.11 Å². The topological polar surface area (TPSA) is 52.8 Å². The van der Waals surface area contributed by atoms with Gasteiger partial charge in [0.05, 0.1) is 12.8 Å². The highest BCUT2D eigenvalue weighted by molar-refractivity contribution is 5.76. The number of fused-ring (bicyclic) bond motifs is 3. The molecule has 0 bridgehead atoms. The molecule has 5 heteroatoms. The Bertz CT molecular complexity index is 776. The van der Waals surface area contributed by atoms with Crippen LogP contribution in [-0.2, 0) is 13.0 Å². The van der Waals surface area contributed by atoms with E-state index in [2.05, 4.69) is 14.5 Å². The Hall–Kier alpha value is -2.43. The molecule has 100 valence electrons. The van der Waals surface area contributed by atoms with E-state index >= 15 is 0 Å². The highest BCUT2D eigenvalue weighted by Crippen LogP contribution is 2.25. The molecule has 4 rings (SSSR count). The van der Waals surface area contributed by atoms with Gasteiger partial charge in [-0.2, -0.15) is 0 Å². The quantitative estimate of drug-likeness (QED) is 0.715. The molecule has 0 spiro atoms. The van der Waals surface area contributed by atoms with Crippen molar-refractivity contribution in [3.63, 3.8) is 0 Å². The summed E-state index contributed by atoms with van der Waals surface area (Å²) in [6, 6.07) is 7.85. The molecule has 4 heterocycles. The molecule has 1 aliphatic rings. The SMILES string of the molecule is COc1ccc(-c2ccc3nc4n(c3n2)CCC4)cn1. The van der Waals surface area contributed by atoms with Crippen molar-refractivity contribution in [1.82, 2.24) is 19.5 Å². The maximum absolute atomic E-state index is 5.08. The predicted octanol–water partition coefficient (Wildman–Crippen LogP) is 2.45. The van der Waals surface area contributed by atoms with Gasteiger partial charge in [0, 0.05) is 30.8 Å². The van der Waals surface area contributed by atoms with Crippen LogP contribution < -0.4 is 4.74 Å². The molecule has 5 nitrogen and oxygen atoms in total. The van der Waals surface area contributed by atoms with Crippen LogP contribution in [0.4, 0.5) is 0 Å². The Balaban J connectivity index is 1.83. The molecule has 3 aromatic rings. The van der Waals surface area contributed by atoms with Gasteiger partial charge in [-0.3, -0.25) is 0 Å². The Morgan fingerprint density at radius 3 is 2.90 bits per heavy atom. The summed E-state index contributed by atoms with van der Waals surface area (Å²) in [6.45, 7) is 1.02. The summed E-state index contributed by atoms with van der Waals surface area (Å²) >= 11 is 0. The van der Waals surface area contributed by atoms with Crippen LogP contribution in [0.5, 0.6) is 5.88 Å². The first kappa shape index (κ1) is 11.4. The minimum absolute atomic E-state index is 0.611. The maximum Gasteiger partial charge on any atom is 0.212 e. The minimum Gasteiger partial charge on any atom is -0.481 e. The maximum atomic E-state index is 5.08. The van der Waals surface area contributed by atoms with Crippen LogP contribution in [0, 0.1) is 0 Å². The van der Waals surface area contributed by atoms with Gasteiger partial charge < -0.3 is 9.30 Å². The molecule has 0 fully saturated rings. The van der Waals surface area contributed by atoms with Gasteiger partial charge in [0.15, 0.2) is 5.65 Å². The first-order valence-electron chi connectivity index (χ1n) is 6.72. The molecule has 0 saturated carbocycles. The van der Waals surface area contributed by atoms with Gasteiger partial charge in [-0.1, -0.05) is 0 Å². The number of aromatic nitrogens is 4. The molecule has 3 aromatic heterocycles.